The van der Waals surface area contributed by atoms with Crippen LogP contribution >= 0.6 is 15.9 Å². The van der Waals surface area contributed by atoms with Crippen LogP contribution in [-0.4, -0.2) is 5.33 Å². The van der Waals surface area contributed by atoms with Crippen LogP contribution in [0.5, 0.6) is 0 Å². The lowest BCUT2D eigenvalue weighted by atomic mass is 9.91. The molecule has 0 unspecified atom stereocenters. The molecule has 0 amide bonds. The molecule has 0 N–H and O–H groups in total. The van der Waals surface area contributed by atoms with Crippen molar-refractivity contribution in [2.24, 2.45) is 0 Å². The molecule has 0 nitrogen and oxygen atoms in total. The van der Waals surface area contributed by atoms with E-state index in [0.717, 1.165) is 0 Å². The first-order chi connectivity index (χ1) is 6.43. The second-order valence-corrected chi connectivity index (χ2v) is 4.96. The van der Waals surface area contributed by atoms with Crippen molar-refractivity contribution in [2.75, 3.05) is 5.33 Å². The van der Waals surface area contributed by atoms with Gasteiger partial charge in [-0.1, -0.05) is 60.9 Å². The van der Waals surface area contributed by atoms with Crippen LogP contribution in [0.15, 0.2) is 0 Å². The summed E-state index contributed by atoms with van der Waals surface area (Å²) in [6.07, 6.45) is 14.4. The molecule has 0 aliphatic heterocycles. The fourth-order valence-corrected chi connectivity index (χ4v) is 2.70. The van der Waals surface area contributed by atoms with E-state index >= 15 is 0 Å². The highest BCUT2D eigenvalue weighted by atomic mass is 79.9. The molecule has 13 heavy (non-hydrogen) atoms. The summed E-state index contributed by atoms with van der Waals surface area (Å²) in [6, 6.07) is 0. The Morgan fingerprint density at radius 1 is 0.769 bits per heavy atom. The van der Waals surface area contributed by atoms with Crippen LogP contribution in [0.25, 0.3) is 0 Å². The van der Waals surface area contributed by atoms with E-state index in [1.54, 1.807) is 0 Å². The number of halogens is 1. The van der Waals surface area contributed by atoms with Gasteiger partial charge in [0.15, 0.2) is 0 Å². The van der Waals surface area contributed by atoms with Crippen LogP contribution in [-0.2, 0) is 0 Å². The van der Waals surface area contributed by atoms with Gasteiger partial charge in [0.2, 0.25) is 0 Å². The molecule has 0 heterocycles. The van der Waals surface area contributed by atoms with E-state index in [2.05, 4.69) is 15.9 Å². The van der Waals surface area contributed by atoms with Gasteiger partial charge >= 0.3 is 0 Å². The Balaban J connectivity index is 2.18. The monoisotopic (exact) mass is 245 g/mol. The molecule has 0 aromatic carbocycles. The Kier molecular flexibility index (Phi) is 6.97. The first-order valence-electron chi connectivity index (χ1n) is 5.83. The third-order valence-corrected chi connectivity index (χ3v) is 3.41. The maximum Gasteiger partial charge on any atom is 0.00367 e. The predicted molar refractivity (Wildman–Crippen MR) is 63.2 cm³/mol. The molecule has 0 saturated heterocycles. The van der Waals surface area contributed by atoms with Gasteiger partial charge in [0.1, 0.15) is 0 Å². The molecule has 0 aromatic rings. The third-order valence-electron chi connectivity index (χ3n) is 3.01. The van der Waals surface area contributed by atoms with Crippen LogP contribution in [0.2, 0.25) is 0 Å². The Bertz CT molecular complexity index is 102. The second kappa shape index (κ2) is 7.84. The first kappa shape index (κ1) is 11.6. The molecular formula is C12H22Br. The summed E-state index contributed by atoms with van der Waals surface area (Å²) < 4.78 is 0. The maximum atomic E-state index is 3.54. The van der Waals surface area contributed by atoms with Gasteiger partial charge in [0.25, 0.3) is 0 Å². The summed E-state index contributed by atoms with van der Waals surface area (Å²) in [6.45, 7) is 0. The number of rotatable bonds is 2. The standard InChI is InChI=1S/C12H22Br/c13-11-10-12-8-6-4-2-1-3-5-7-9-12/h1-11H2. The Morgan fingerprint density at radius 3 is 1.69 bits per heavy atom. The van der Waals surface area contributed by atoms with Gasteiger partial charge in [-0.15, -0.1) is 0 Å². The molecule has 1 heteroatoms. The van der Waals surface area contributed by atoms with Crippen LogP contribution in [0.1, 0.15) is 64.2 Å². The van der Waals surface area contributed by atoms with Crippen molar-refractivity contribution < 1.29 is 0 Å². The van der Waals surface area contributed by atoms with Crippen molar-refractivity contribution in [1.29, 1.82) is 0 Å². The lowest BCUT2D eigenvalue weighted by molar-refractivity contribution is 0.512. The smallest absolute Gasteiger partial charge is 0.00367 e. The van der Waals surface area contributed by atoms with Gasteiger partial charge in [-0.25, -0.2) is 0 Å². The minimum atomic E-state index is 1.17. The SMILES string of the molecule is BrCC[C]1CCCCCCCCC1. The molecule has 1 radical (unpaired) electrons. The van der Waals surface area contributed by atoms with Gasteiger partial charge in [0, 0.05) is 5.33 Å². The minimum absolute atomic E-state index is 1.17. The van der Waals surface area contributed by atoms with Gasteiger partial charge in [-0.05, 0) is 25.2 Å². The zero-order valence-corrected chi connectivity index (χ0v) is 10.2. The average Bonchev–Trinajstić information content (AvgIpc) is 2.16. The number of hydrogen-bond donors (Lipinski definition) is 0. The lowest BCUT2D eigenvalue weighted by Gasteiger charge is -2.16. The fraction of sp³-hybridized carbons (Fsp3) is 0.917. The van der Waals surface area contributed by atoms with Gasteiger partial charge in [-0.3, -0.25) is 0 Å². The van der Waals surface area contributed by atoms with Crippen molar-refractivity contribution >= 4 is 15.9 Å². The van der Waals surface area contributed by atoms with E-state index in [9.17, 15) is 0 Å². The van der Waals surface area contributed by atoms with Gasteiger partial charge < -0.3 is 0 Å². The molecule has 1 rings (SSSR count). The Hall–Kier alpha value is 0.480. The lowest BCUT2D eigenvalue weighted by Crippen LogP contribution is -2.00. The average molecular weight is 246 g/mol. The van der Waals surface area contributed by atoms with Crippen molar-refractivity contribution in [2.45, 2.75) is 64.2 Å². The highest BCUT2D eigenvalue weighted by Gasteiger charge is 2.09. The van der Waals surface area contributed by atoms with E-state index in [1.165, 1.54) is 69.5 Å². The molecular weight excluding hydrogens is 224 g/mol. The predicted octanol–water partition coefficient (Wildman–Crippen LogP) is 4.87. The summed E-state index contributed by atoms with van der Waals surface area (Å²) in [5.74, 6) is 1.82. The Labute approximate surface area is 91.6 Å². The largest absolute Gasteiger partial charge is 0.0928 e. The van der Waals surface area contributed by atoms with Crippen molar-refractivity contribution in [3.05, 3.63) is 5.92 Å². The van der Waals surface area contributed by atoms with Crippen LogP contribution in [0.3, 0.4) is 0 Å². The zero-order valence-electron chi connectivity index (χ0n) is 8.66. The topological polar surface area (TPSA) is 0 Å². The normalized spacial score (nSPS) is 22.8. The molecule has 77 valence electrons. The minimum Gasteiger partial charge on any atom is -0.0928 e. The fourth-order valence-electron chi connectivity index (χ4n) is 2.14. The van der Waals surface area contributed by atoms with E-state index in [0.29, 0.717) is 0 Å². The molecule has 0 bridgehead atoms. The summed E-state index contributed by atoms with van der Waals surface area (Å²) in [4.78, 5) is 0. The first-order valence-corrected chi connectivity index (χ1v) is 6.95. The van der Waals surface area contributed by atoms with Crippen molar-refractivity contribution in [3.63, 3.8) is 0 Å². The van der Waals surface area contributed by atoms with Gasteiger partial charge in [-0.2, -0.15) is 0 Å². The van der Waals surface area contributed by atoms with E-state index < -0.39 is 0 Å². The van der Waals surface area contributed by atoms with Crippen LogP contribution < -0.4 is 0 Å². The number of hydrogen-bond acceptors (Lipinski definition) is 0. The molecule has 1 fully saturated rings. The molecule has 0 spiro atoms. The Morgan fingerprint density at radius 2 is 1.23 bits per heavy atom. The van der Waals surface area contributed by atoms with E-state index in [1.807, 2.05) is 5.92 Å². The van der Waals surface area contributed by atoms with E-state index in [4.69, 9.17) is 0 Å². The third kappa shape index (κ3) is 5.72. The summed E-state index contributed by atoms with van der Waals surface area (Å²) in [7, 11) is 0. The van der Waals surface area contributed by atoms with Crippen LogP contribution in [0, 0.1) is 5.92 Å². The molecule has 0 atom stereocenters. The van der Waals surface area contributed by atoms with Crippen molar-refractivity contribution in [3.8, 4) is 0 Å². The quantitative estimate of drug-likeness (QED) is 0.610. The van der Waals surface area contributed by atoms with Crippen LogP contribution in [0.4, 0.5) is 0 Å². The summed E-state index contributed by atoms with van der Waals surface area (Å²) in [5, 5.41) is 1.17. The maximum absolute atomic E-state index is 3.54. The number of alkyl halides is 1. The molecule has 1 aliphatic carbocycles. The molecule has 0 aromatic heterocycles. The zero-order chi connectivity index (χ0) is 9.36. The van der Waals surface area contributed by atoms with Gasteiger partial charge in [0.05, 0.1) is 0 Å². The summed E-state index contributed by atoms with van der Waals surface area (Å²) in [5.41, 5.74) is 0. The molecule has 1 saturated carbocycles. The summed E-state index contributed by atoms with van der Waals surface area (Å²) >= 11 is 3.54. The second-order valence-electron chi connectivity index (χ2n) is 4.16. The van der Waals surface area contributed by atoms with E-state index in [-0.39, 0.29) is 0 Å². The highest BCUT2D eigenvalue weighted by molar-refractivity contribution is 9.09. The highest BCUT2D eigenvalue weighted by Crippen LogP contribution is 2.25. The van der Waals surface area contributed by atoms with Crippen molar-refractivity contribution in [1.82, 2.24) is 0 Å². The molecule has 1 aliphatic rings.